The van der Waals surface area contributed by atoms with Gasteiger partial charge in [-0.05, 0) is 19.0 Å². The summed E-state index contributed by atoms with van der Waals surface area (Å²) >= 11 is 0. The highest BCUT2D eigenvalue weighted by molar-refractivity contribution is 5.88. The fraction of sp³-hybridized carbons (Fsp3) is 0.545. The number of aliphatic hydroxyl groups excluding tert-OH is 1. The second-order valence-corrected chi connectivity index (χ2v) is 3.51. The maximum atomic E-state index is 10.8. The Bertz CT molecular complexity index is 334. The second-order valence-electron chi connectivity index (χ2n) is 3.51. The number of hydrogen-bond donors (Lipinski definition) is 2. The third kappa shape index (κ3) is 3.36. The molecule has 5 nitrogen and oxygen atoms in total. The van der Waals surface area contributed by atoms with Gasteiger partial charge in [0.05, 0.1) is 12.8 Å². The molecule has 1 heterocycles. The molecule has 0 unspecified atom stereocenters. The normalized spacial score (nSPS) is 10.9. The molecule has 16 heavy (non-hydrogen) atoms. The molecule has 0 atom stereocenters. The zero-order valence-corrected chi connectivity index (χ0v) is 9.35. The van der Waals surface area contributed by atoms with E-state index in [0.717, 1.165) is 13.1 Å². The minimum atomic E-state index is -0.970. The molecule has 90 valence electrons. The van der Waals surface area contributed by atoms with Crippen LogP contribution in [0.15, 0.2) is 16.7 Å². The summed E-state index contributed by atoms with van der Waals surface area (Å²) < 4.78 is 5.15. The molecule has 0 aliphatic rings. The molecule has 0 aliphatic heterocycles. The third-order valence-electron chi connectivity index (χ3n) is 2.42. The van der Waals surface area contributed by atoms with Crippen molar-refractivity contribution in [1.82, 2.24) is 4.90 Å². The predicted molar refractivity (Wildman–Crippen MR) is 58.3 cm³/mol. The van der Waals surface area contributed by atoms with E-state index in [1.807, 2.05) is 11.8 Å². The summed E-state index contributed by atoms with van der Waals surface area (Å²) in [5.41, 5.74) is 0.211. The molecule has 1 rings (SSSR count). The first kappa shape index (κ1) is 12.7. The van der Waals surface area contributed by atoms with Crippen LogP contribution in [0.25, 0.3) is 0 Å². The molecular formula is C11H17NO4. The summed E-state index contributed by atoms with van der Waals surface area (Å²) in [6, 6.07) is 1.46. The van der Waals surface area contributed by atoms with E-state index in [2.05, 4.69) is 0 Å². The minimum Gasteiger partial charge on any atom is -0.478 e. The van der Waals surface area contributed by atoms with Gasteiger partial charge >= 0.3 is 5.97 Å². The maximum absolute atomic E-state index is 10.8. The van der Waals surface area contributed by atoms with Crippen LogP contribution in [0.4, 0.5) is 0 Å². The van der Waals surface area contributed by atoms with Gasteiger partial charge in [0.2, 0.25) is 0 Å². The van der Waals surface area contributed by atoms with E-state index in [-0.39, 0.29) is 12.2 Å². The average Bonchev–Trinajstić information content (AvgIpc) is 2.72. The number of carbonyl (C=O) groups is 1. The Morgan fingerprint density at radius 2 is 2.31 bits per heavy atom. The van der Waals surface area contributed by atoms with Crippen molar-refractivity contribution in [3.05, 3.63) is 23.7 Å². The van der Waals surface area contributed by atoms with Crippen LogP contribution >= 0.6 is 0 Å². The zero-order valence-electron chi connectivity index (χ0n) is 9.35. The molecule has 1 aromatic heterocycles. The van der Waals surface area contributed by atoms with Crippen LogP contribution in [0.2, 0.25) is 0 Å². The summed E-state index contributed by atoms with van der Waals surface area (Å²) in [4.78, 5) is 12.9. The topological polar surface area (TPSA) is 73.9 Å². The van der Waals surface area contributed by atoms with Crippen molar-refractivity contribution in [2.75, 3.05) is 19.7 Å². The largest absolute Gasteiger partial charge is 0.478 e. The van der Waals surface area contributed by atoms with Gasteiger partial charge in [0.1, 0.15) is 11.3 Å². The van der Waals surface area contributed by atoms with Crippen LogP contribution in [0.3, 0.4) is 0 Å². The first-order chi connectivity index (χ1) is 7.69. The molecule has 0 bridgehead atoms. The van der Waals surface area contributed by atoms with Crippen LogP contribution in [-0.4, -0.2) is 40.8 Å². The van der Waals surface area contributed by atoms with Crippen molar-refractivity contribution in [3.8, 4) is 0 Å². The second kappa shape index (κ2) is 6.30. The van der Waals surface area contributed by atoms with Crippen molar-refractivity contribution in [1.29, 1.82) is 0 Å². The molecule has 2 N–H and O–H groups in total. The van der Waals surface area contributed by atoms with Crippen LogP contribution in [0.1, 0.15) is 29.5 Å². The first-order valence-corrected chi connectivity index (χ1v) is 5.32. The lowest BCUT2D eigenvalue weighted by atomic mass is 10.2. The highest BCUT2D eigenvalue weighted by Gasteiger charge is 2.15. The van der Waals surface area contributed by atoms with Crippen molar-refractivity contribution < 1.29 is 19.4 Å². The van der Waals surface area contributed by atoms with Gasteiger partial charge in [-0.25, -0.2) is 4.79 Å². The molecule has 0 fully saturated rings. The van der Waals surface area contributed by atoms with Gasteiger partial charge < -0.3 is 14.6 Å². The number of aliphatic hydroxyl groups is 1. The molecule has 0 saturated heterocycles. The predicted octanol–water partition coefficient (Wildman–Crippen LogP) is 1.18. The smallest absolute Gasteiger partial charge is 0.339 e. The fourth-order valence-corrected chi connectivity index (χ4v) is 1.50. The van der Waals surface area contributed by atoms with E-state index in [9.17, 15) is 4.79 Å². The van der Waals surface area contributed by atoms with E-state index in [0.29, 0.717) is 18.7 Å². The lowest BCUT2D eigenvalue weighted by Gasteiger charge is -2.18. The van der Waals surface area contributed by atoms with Crippen LogP contribution in [0, 0.1) is 0 Å². The lowest BCUT2D eigenvalue weighted by molar-refractivity contribution is 0.0692. The SMILES string of the molecule is CCN(CCCO)Cc1occc1C(=O)O. The zero-order chi connectivity index (χ0) is 12.0. The van der Waals surface area contributed by atoms with Crippen LogP contribution < -0.4 is 0 Å². The molecule has 0 spiro atoms. The van der Waals surface area contributed by atoms with E-state index in [1.54, 1.807) is 0 Å². The van der Waals surface area contributed by atoms with Gasteiger partial charge in [-0.15, -0.1) is 0 Å². The summed E-state index contributed by atoms with van der Waals surface area (Å²) in [6.45, 7) is 4.11. The molecule has 0 radical (unpaired) electrons. The van der Waals surface area contributed by atoms with Gasteiger partial charge in [0.15, 0.2) is 0 Å². The van der Waals surface area contributed by atoms with Crippen molar-refractivity contribution in [2.45, 2.75) is 19.9 Å². The van der Waals surface area contributed by atoms with E-state index >= 15 is 0 Å². The Morgan fingerprint density at radius 3 is 2.88 bits per heavy atom. The van der Waals surface area contributed by atoms with Gasteiger partial charge in [-0.1, -0.05) is 6.92 Å². The van der Waals surface area contributed by atoms with Crippen molar-refractivity contribution in [3.63, 3.8) is 0 Å². The average molecular weight is 227 g/mol. The van der Waals surface area contributed by atoms with Gasteiger partial charge in [-0.3, -0.25) is 4.90 Å². The van der Waals surface area contributed by atoms with Gasteiger partial charge in [0, 0.05) is 13.2 Å². The number of carboxylic acid groups (broad SMARTS) is 1. The summed E-state index contributed by atoms with van der Waals surface area (Å²) in [5, 5.41) is 17.6. The van der Waals surface area contributed by atoms with E-state index in [4.69, 9.17) is 14.6 Å². The van der Waals surface area contributed by atoms with Crippen molar-refractivity contribution in [2.24, 2.45) is 0 Å². The van der Waals surface area contributed by atoms with Gasteiger partial charge in [-0.2, -0.15) is 0 Å². The molecule has 0 saturated carbocycles. The number of rotatable bonds is 7. The summed E-state index contributed by atoms with van der Waals surface area (Å²) in [7, 11) is 0. The molecule has 0 aromatic carbocycles. The highest BCUT2D eigenvalue weighted by atomic mass is 16.4. The Balaban J connectivity index is 2.62. The number of nitrogens with zero attached hydrogens (tertiary/aromatic N) is 1. The van der Waals surface area contributed by atoms with Crippen molar-refractivity contribution >= 4 is 5.97 Å². The molecule has 0 aliphatic carbocycles. The quantitative estimate of drug-likeness (QED) is 0.731. The third-order valence-corrected chi connectivity index (χ3v) is 2.42. The van der Waals surface area contributed by atoms with E-state index < -0.39 is 5.97 Å². The Hall–Kier alpha value is -1.33. The fourth-order valence-electron chi connectivity index (χ4n) is 1.50. The monoisotopic (exact) mass is 227 g/mol. The molecular weight excluding hydrogens is 210 g/mol. The maximum Gasteiger partial charge on any atom is 0.339 e. The Morgan fingerprint density at radius 1 is 1.56 bits per heavy atom. The number of carboxylic acids is 1. The Kier molecular flexibility index (Phi) is 5.01. The number of furan rings is 1. The van der Waals surface area contributed by atoms with Crippen LogP contribution in [-0.2, 0) is 6.54 Å². The molecule has 1 aromatic rings. The highest BCUT2D eigenvalue weighted by Crippen LogP contribution is 2.13. The summed E-state index contributed by atoms with van der Waals surface area (Å²) in [6.07, 6.45) is 2.07. The number of hydrogen-bond acceptors (Lipinski definition) is 4. The first-order valence-electron chi connectivity index (χ1n) is 5.32. The Labute approximate surface area is 94.3 Å². The number of aromatic carboxylic acids is 1. The van der Waals surface area contributed by atoms with Crippen LogP contribution in [0.5, 0.6) is 0 Å². The lowest BCUT2D eigenvalue weighted by Crippen LogP contribution is -2.25. The molecule has 0 amide bonds. The minimum absolute atomic E-state index is 0.139. The molecule has 5 heteroatoms. The van der Waals surface area contributed by atoms with Gasteiger partial charge in [0.25, 0.3) is 0 Å². The summed E-state index contributed by atoms with van der Waals surface area (Å²) in [5.74, 6) is -0.505. The van der Waals surface area contributed by atoms with E-state index in [1.165, 1.54) is 12.3 Å². The standard InChI is InChI=1S/C11H17NO4/c1-2-12(5-3-6-13)8-10-9(11(14)15)4-7-16-10/h4,7,13H,2-3,5-6,8H2,1H3,(H,14,15).